The number of nitrogens with one attached hydrogen (secondary N) is 1. The first-order chi connectivity index (χ1) is 11.4. The number of carbonyl (C=O) groups is 1. The monoisotopic (exact) mass is 343 g/mol. The summed E-state index contributed by atoms with van der Waals surface area (Å²) in [7, 11) is 0. The summed E-state index contributed by atoms with van der Waals surface area (Å²) in [4.78, 5) is 13.4. The molecule has 134 valence electrons. The highest BCUT2D eigenvalue weighted by Crippen LogP contribution is 2.29. The smallest absolute Gasteiger partial charge is 0.369 e. The molecule has 1 aliphatic heterocycles. The quantitative estimate of drug-likeness (QED) is 0.748. The Morgan fingerprint density at radius 2 is 2.00 bits per heavy atom. The Hall–Kier alpha value is -1.60. The summed E-state index contributed by atoms with van der Waals surface area (Å²) in [6.07, 6.45) is -1.76. The van der Waals surface area contributed by atoms with Gasteiger partial charge in [0, 0.05) is 12.5 Å². The Bertz CT molecular complexity index is 540. The minimum atomic E-state index is -4.30. The maximum Gasteiger partial charge on any atom is 0.416 e. The zero-order chi connectivity index (χ0) is 17.6. The molecule has 1 heterocycles. The highest BCUT2D eigenvalue weighted by molar-refractivity contribution is 5.76. The first kappa shape index (κ1) is 18.7. The van der Waals surface area contributed by atoms with Gasteiger partial charge >= 0.3 is 6.18 Å². The number of piperidine rings is 1. The molecule has 0 atom stereocenters. The number of carbonyl (C=O) groups excluding carboxylic acids is 1. The van der Waals surface area contributed by atoms with Gasteiger partial charge in [0.2, 0.25) is 5.91 Å². The number of likely N-dealkylation sites (tertiary alicyclic amines) is 1. The number of benzene rings is 1. The molecule has 3 N–H and O–H groups in total. The van der Waals surface area contributed by atoms with Gasteiger partial charge < -0.3 is 16.0 Å². The van der Waals surface area contributed by atoms with Crippen molar-refractivity contribution < 1.29 is 18.0 Å². The molecule has 24 heavy (non-hydrogen) atoms. The van der Waals surface area contributed by atoms with Crippen molar-refractivity contribution >= 4 is 5.91 Å². The molecule has 1 aromatic rings. The molecule has 0 spiro atoms. The molecule has 1 amide bonds. The lowest BCUT2D eigenvalue weighted by atomic mass is 9.96. The van der Waals surface area contributed by atoms with E-state index in [1.807, 2.05) is 0 Å². The molecule has 0 bridgehead atoms. The molecule has 0 saturated carbocycles. The van der Waals surface area contributed by atoms with Crippen LogP contribution >= 0.6 is 0 Å². The number of amides is 1. The van der Waals surface area contributed by atoms with Gasteiger partial charge in [-0.2, -0.15) is 13.2 Å². The van der Waals surface area contributed by atoms with Gasteiger partial charge in [0.15, 0.2) is 0 Å². The van der Waals surface area contributed by atoms with Crippen molar-refractivity contribution in [3.63, 3.8) is 0 Å². The standard InChI is InChI=1S/C17H24F3N3O/c18-17(19,20)15-4-1-3-13(11-15)12-22-7-2-8-23-9-5-14(6-10-23)16(21)24/h1,3-4,11,14,22H,2,5-10,12H2,(H2,21,24). The summed E-state index contributed by atoms with van der Waals surface area (Å²) in [6, 6.07) is 5.39. The average Bonchev–Trinajstić information content (AvgIpc) is 2.54. The van der Waals surface area contributed by atoms with Crippen LogP contribution in [0.4, 0.5) is 13.2 Å². The second-order valence-electron chi connectivity index (χ2n) is 6.25. The lowest BCUT2D eigenvalue weighted by Gasteiger charge is -2.30. The fourth-order valence-electron chi connectivity index (χ4n) is 2.96. The third-order valence-corrected chi connectivity index (χ3v) is 4.40. The average molecular weight is 343 g/mol. The topological polar surface area (TPSA) is 58.4 Å². The van der Waals surface area contributed by atoms with E-state index in [-0.39, 0.29) is 11.8 Å². The van der Waals surface area contributed by atoms with E-state index in [9.17, 15) is 18.0 Å². The molecular formula is C17H24F3N3O. The Labute approximate surface area is 140 Å². The summed E-state index contributed by atoms with van der Waals surface area (Å²) in [5.74, 6) is -0.210. The zero-order valence-electron chi connectivity index (χ0n) is 13.6. The maximum atomic E-state index is 12.6. The van der Waals surface area contributed by atoms with Crippen LogP contribution in [-0.2, 0) is 17.5 Å². The molecule has 1 saturated heterocycles. The number of alkyl halides is 3. The first-order valence-electron chi connectivity index (χ1n) is 8.25. The molecule has 0 aromatic heterocycles. The van der Waals surface area contributed by atoms with Crippen LogP contribution in [0.2, 0.25) is 0 Å². The third-order valence-electron chi connectivity index (χ3n) is 4.40. The predicted molar refractivity (Wildman–Crippen MR) is 86.1 cm³/mol. The van der Waals surface area contributed by atoms with Crippen molar-refractivity contribution in [2.75, 3.05) is 26.2 Å². The number of nitrogens with two attached hydrogens (primary N) is 1. The van der Waals surface area contributed by atoms with E-state index < -0.39 is 11.7 Å². The maximum absolute atomic E-state index is 12.6. The van der Waals surface area contributed by atoms with E-state index >= 15 is 0 Å². The number of hydrogen-bond donors (Lipinski definition) is 2. The fourth-order valence-corrected chi connectivity index (χ4v) is 2.96. The molecule has 0 aliphatic carbocycles. The van der Waals surface area contributed by atoms with Gasteiger partial charge in [0.1, 0.15) is 0 Å². The lowest BCUT2D eigenvalue weighted by molar-refractivity contribution is -0.137. The van der Waals surface area contributed by atoms with Gasteiger partial charge in [-0.3, -0.25) is 4.79 Å². The molecule has 0 unspecified atom stereocenters. The summed E-state index contributed by atoms with van der Waals surface area (Å²) in [5.41, 5.74) is 5.33. The summed E-state index contributed by atoms with van der Waals surface area (Å²) in [6.45, 7) is 3.84. The van der Waals surface area contributed by atoms with E-state index in [1.54, 1.807) is 6.07 Å². The number of hydrogen-bond acceptors (Lipinski definition) is 3. The van der Waals surface area contributed by atoms with Crippen molar-refractivity contribution in [2.45, 2.75) is 32.0 Å². The molecular weight excluding hydrogens is 319 g/mol. The van der Waals surface area contributed by atoms with Crippen molar-refractivity contribution in [2.24, 2.45) is 11.7 Å². The Kier molecular flexibility index (Phi) is 6.62. The van der Waals surface area contributed by atoms with Crippen LogP contribution in [0.5, 0.6) is 0 Å². The third kappa shape index (κ3) is 5.79. The SMILES string of the molecule is NC(=O)C1CCN(CCCNCc2cccc(C(F)(F)F)c2)CC1. The Morgan fingerprint density at radius 1 is 1.29 bits per heavy atom. The van der Waals surface area contributed by atoms with Crippen molar-refractivity contribution in [1.29, 1.82) is 0 Å². The Balaban J connectivity index is 1.63. The van der Waals surface area contributed by atoms with Crippen molar-refractivity contribution in [3.8, 4) is 0 Å². The van der Waals surface area contributed by atoms with E-state index in [1.165, 1.54) is 12.1 Å². The van der Waals surface area contributed by atoms with Gasteiger partial charge in [-0.15, -0.1) is 0 Å². The van der Waals surface area contributed by atoms with Crippen LogP contribution in [0, 0.1) is 5.92 Å². The largest absolute Gasteiger partial charge is 0.416 e. The summed E-state index contributed by atoms with van der Waals surface area (Å²) < 4.78 is 37.9. The van der Waals surface area contributed by atoms with Crippen LogP contribution in [0.25, 0.3) is 0 Å². The van der Waals surface area contributed by atoms with Gasteiger partial charge in [0.05, 0.1) is 5.56 Å². The molecule has 1 aliphatic rings. The number of nitrogens with zero attached hydrogens (tertiary/aromatic N) is 1. The zero-order valence-corrected chi connectivity index (χ0v) is 13.6. The highest BCUT2D eigenvalue weighted by atomic mass is 19.4. The Morgan fingerprint density at radius 3 is 2.62 bits per heavy atom. The molecule has 2 rings (SSSR count). The van der Waals surface area contributed by atoms with Crippen LogP contribution in [0.1, 0.15) is 30.4 Å². The van der Waals surface area contributed by atoms with Gasteiger partial charge in [-0.1, -0.05) is 18.2 Å². The van der Waals surface area contributed by atoms with E-state index in [2.05, 4.69) is 10.2 Å². The first-order valence-corrected chi connectivity index (χ1v) is 8.25. The van der Waals surface area contributed by atoms with Gasteiger partial charge in [-0.05, 0) is 57.1 Å². The second kappa shape index (κ2) is 8.48. The lowest BCUT2D eigenvalue weighted by Crippen LogP contribution is -2.39. The van der Waals surface area contributed by atoms with E-state index in [0.29, 0.717) is 12.1 Å². The highest BCUT2D eigenvalue weighted by Gasteiger charge is 2.30. The predicted octanol–water partition coefficient (Wildman–Crippen LogP) is 2.38. The minimum absolute atomic E-state index is 0.000263. The normalized spacial score (nSPS) is 17.1. The van der Waals surface area contributed by atoms with Crippen molar-refractivity contribution in [3.05, 3.63) is 35.4 Å². The summed E-state index contributed by atoms with van der Waals surface area (Å²) >= 11 is 0. The van der Waals surface area contributed by atoms with Crippen molar-refractivity contribution in [1.82, 2.24) is 10.2 Å². The molecule has 0 radical (unpaired) electrons. The van der Waals surface area contributed by atoms with Gasteiger partial charge in [0.25, 0.3) is 0 Å². The summed E-state index contributed by atoms with van der Waals surface area (Å²) in [5, 5.41) is 3.18. The van der Waals surface area contributed by atoms with Crippen LogP contribution in [0.3, 0.4) is 0 Å². The molecule has 1 fully saturated rings. The molecule has 7 heteroatoms. The van der Waals surface area contributed by atoms with Gasteiger partial charge in [-0.25, -0.2) is 0 Å². The van der Waals surface area contributed by atoms with Crippen LogP contribution < -0.4 is 11.1 Å². The molecule has 4 nitrogen and oxygen atoms in total. The number of halogens is 3. The number of primary amides is 1. The number of rotatable bonds is 7. The van der Waals surface area contributed by atoms with Crippen LogP contribution in [-0.4, -0.2) is 37.0 Å². The van der Waals surface area contributed by atoms with E-state index in [0.717, 1.165) is 51.5 Å². The van der Waals surface area contributed by atoms with E-state index in [4.69, 9.17) is 5.73 Å². The van der Waals surface area contributed by atoms with Crippen LogP contribution in [0.15, 0.2) is 24.3 Å². The molecule has 1 aromatic carbocycles. The second-order valence-corrected chi connectivity index (χ2v) is 6.25. The minimum Gasteiger partial charge on any atom is -0.369 e. The fraction of sp³-hybridized carbons (Fsp3) is 0.588.